The van der Waals surface area contributed by atoms with E-state index >= 15 is 0 Å². The summed E-state index contributed by atoms with van der Waals surface area (Å²) in [7, 11) is 0. The molecule has 1 rings (SSSR count). The van der Waals surface area contributed by atoms with Gasteiger partial charge in [0.15, 0.2) is 0 Å². The van der Waals surface area contributed by atoms with Crippen molar-refractivity contribution in [3.8, 4) is 0 Å². The molecule has 0 spiro atoms. The molecule has 0 saturated carbocycles. The largest absolute Gasteiger partial charge is 0.313 e. The Morgan fingerprint density at radius 3 is 2.65 bits per heavy atom. The average Bonchev–Trinajstić information content (AvgIpc) is 2.66. The zero-order valence-electron chi connectivity index (χ0n) is 11.5. The number of aromatic nitrogens is 1. The summed E-state index contributed by atoms with van der Waals surface area (Å²) in [5, 5.41) is 6.99. The standard InChI is InChI=1S/C13H24N2S2/c1-6-14-10(8-16-5)7-12-15-11(9-17-12)13(2,3)4/h9-10,14H,6-8H2,1-5H3. The third-order valence-electron chi connectivity index (χ3n) is 2.60. The summed E-state index contributed by atoms with van der Waals surface area (Å²) in [4.78, 5) is 4.76. The van der Waals surface area contributed by atoms with Gasteiger partial charge in [0.05, 0.1) is 10.7 Å². The molecule has 1 atom stereocenters. The average molecular weight is 272 g/mol. The van der Waals surface area contributed by atoms with E-state index in [2.05, 4.69) is 44.6 Å². The number of nitrogens with zero attached hydrogens (tertiary/aromatic N) is 1. The first-order valence-corrected chi connectivity index (χ1v) is 8.42. The van der Waals surface area contributed by atoms with Crippen LogP contribution in [0.25, 0.3) is 0 Å². The fraction of sp³-hybridized carbons (Fsp3) is 0.769. The van der Waals surface area contributed by atoms with Crippen molar-refractivity contribution in [1.29, 1.82) is 0 Å². The van der Waals surface area contributed by atoms with Crippen LogP contribution in [0.1, 0.15) is 38.4 Å². The summed E-state index contributed by atoms with van der Waals surface area (Å²) in [6.45, 7) is 9.85. The highest BCUT2D eigenvalue weighted by Gasteiger charge is 2.18. The number of rotatable bonds is 6. The van der Waals surface area contributed by atoms with Crippen LogP contribution in [0.15, 0.2) is 5.38 Å². The minimum atomic E-state index is 0.169. The molecule has 0 aliphatic heterocycles. The summed E-state index contributed by atoms with van der Waals surface area (Å²) in [5.74, 6) is 1.15. The molecular formula is C13H24N2S2. The summed E-state index contributed by atoms with van der Waals surface area (Å²) < 4.78 is 0. The van der Waals surface area contributed by atoms with Gasteiger partial charge in [-0.2, -0.15) is 11.8 Å². The zero-order chi connectivity index (χ0) is 12.9. The van der Waals surface area contributed by atoms with E-state index in [9.17, 15) is 0 Å². The molecule has 0 aliphatic carbocycles. The molecule has 0 fully saturated rings. The van der Waals surface area contributed by atoms with Gasteiger partial charge in [-0.15, -0.1) is 11.3 Å². The first kappa shape index (κ1) is 15.0. The van der Waals surface area contributed by atoms with Crippen LogP contribution in [0.2, 0.25) is 0 Å². The van der Waals surface area contributed by atoms with E-state index in [1.165, 1.54) is 10.7 Å². The van der Waals surface area contributed by atoms with Gasteiger partial charge in [0.1, 0.15) is 0 Å². The van der Waals surface area contributed by atoms with Crippen molar-refractivity contribution in [2.24, 2.45) is 0 Å². The van der Waals surface area contributed by atoms with Gasteiger partial charge in [-0.1, -0.05) is 27.7 Å². The second-order valence-electron chi connectivity index (χ2n) is 5.29. The quantitative estimate of drug-likeness (QED) is 0.860. The number of nitrogens with one attached hydrogen (secondary N) is 1. The summed E-state index contributed by atoms with van der Waals surface area (Å²) in [6, 6.07) is 0.550. The van der Waals surface area contributed by atoms with Crippen LogP contribution in [0.5, 0.6) is 0 Å². The number of hydrogen-bond donors (Lipinski definition) is 1. The van der Waals surface area contributed by atoms with Crippen LogP contribution in [-0.4, -0.2) is 29.6 Å². The molecule has 1 heterocycles. The fourth-order valence-electron chi connectivity index (χ4n) is 1.64. The van der Waals surface area contributed by atoms with Crippen LogP contribution < -0.4 is 5.32 Å². The molecule has 0 amide bonds. The van der Waals surface area contributed by atoms with Crippen molar-refractivity contribution >= 4 is 23.1 Å². The van der Waals surface area contributed by atoms with Gasteiger partial charge >= 0.3 is 0 Å². The van der Waals surface area contributed by atoms with E-state index in [-0.39, 0.29) is 5.41 Å². The molecule has 1 aromatic rings. The molecule has 17 heavy (non-hydrogen) atoms. The molecule has 98 valence electrons. The third-order valence-corrected chi connectivity index (χ3v) is 4.21. The molecular weight excluding hydrogens is 248 g/mol. The molecule has 1 N–H and O–H groups in total. The molecule has 0 saturated heterocycles. The molecule has 1 aromatic heterocycles. The zero-order valence-corrected chi connectivity index (χ0v) is 13.2. The normalized spacial score (nSPS) is 13.9. The predicted molar refractivity (Wildman–Crippen MR) is 80.4 cm³/mol. The van der Waals surface area contributed by atoms with Crippen molar-refractivity contribution in [3.63, 3.8) is 0 Å². The Morgan fingerprint density at radius 1 is 1.47 bits per heavy atom. The molecule has 2 nitrogen and oxygen atoms in total. The Bertz CT molecular complexity index is 322. The van der Waals surface area contributed by atoms with Crippen molar-refractivity contribution in [1.82, 2.24) is 10.3 Å². The highest BCUT2D eigenvalue weighted by atomic mass is 32.2. The van der Waals surface area contributed by atoms with Crippen LogP contribution in [0, 0.1) is 0 Å². The fourth-order valence-corrected chi connectivity index (χ4v) is 3.38. The molecule has 0 radical (unpaired) electrons. The van der Waals surface area contributed by atoms with Crippen LogP contribution in [0.3, 0.4) is 0 Å². The Labute approximate surface area is 114 Å². The smallest absolute Gasteiger partial charge is 0.0944 e. The van der Waals surface area contributed by atoms with Gasteiger partial charge in [-0.25, -0.2) is 4.98 Å². The maximum Gasteiger partial charge on any atom is 0.0944 e. The minimum absolute atomic E-state index is 0.169. The van der Waals surface area contributed by atoms with Crippen LogP contribution in [0.4, 0.5) is 0 Å². The minimum Gasteiger partial charge on any atom is -0.313 e. The molecule has 0 bridgehead atoms. The monoisotopic (exact) mass is 272 g/mol. The molecule has 0 aliphatic rings. The lowest BCUT2D eigenvalue weighted by Gasteiger charge is -2.16. The van der Waals surface area contributed by atoms with Gasteiger partial charge in [0.25, 0.3) is 0 Å². The summed E-state index contributed by atoms with van der Waals surface area (Å²) >= 11 is 3.69. The summed E-state index contributed by atoms with van der Waals surface area (Å²) in [6.07, 6.45) is 3.21. The van der Waals surface area contributed by atoms with Gasteiger partial charge < -0.3 is 5.32 Å². The highest BCUT2D eigenvalue weighted by molar-refractivity contribution is 7.98. The van der Waals surface area contributed by atoms with Crippen molar-refractivity contribution < 1.29 is 0 Å². The van der Waals surface area contributed by atoms with Gasteiger partial charge in [-0.05, 0) is 12.8 Å². The predicted octanol–water partition coefficient (Wildman–Crippen LogP) is 3.32. The van der Waals surface area contributed by atoms with E-state index in [0.29, 0.717) is 6.04 Å². The first-order chi connectivity index (χ1) is 7.97. The molecule has 1 unspecified atom stereocenters. The second kappa shape index (κ2) is 6.76. The van der Waals surface area contributed by atoms with Gasteiger partial charge in [0.2, 0.25) is 0 Å². The van der Waals surface area contributed by atoms with Crippen molar-refractivity contribution in [2.45, 2.75) is 45.6 Å². The Kier molecular flexibility index (Phi) is 5.97. The van der Waals surface area contributed by atoms with Gasteiger partial charge in [-0.3, -0.25) is 0 Å². The third kappa shape index (κ3) is 4.98. The highest BCUT2D eigenvalue weighted by Crippen LogP contribution is 2.24. The van der Waals surface area contributed by atoms with Crippen molar-refractivity contribution in [3.05, 3.63) is 16.1 Å². The maximum atomic E-state index is 4.76. The van der Waals surface area contributed by atoms with Gasteiger partial charge in [0, 0.05) is 29.0 Å². The van der Waals surface area contributed by atoms with E-state index in [0.717, 1.165) is 18.7 Å². The van der Waals surface area contributed by atoms with Crippen molar-refractivity contribution in [2.75, 3.05) is 18.6 Å². The Morgan fingerprint density at radius 2 is 2.18 bits per heavy atom. The topological polar surface area (TPSA) is 24.9 Å². The van der Waals surface area contributed by atoms with E-state index in [1.807, 2.05) is 11.8 Å². The van der Waals surface area contributed by atoms with E-state index in [1.54, 1.807) is 11.3 Å². The molecule has 4 heteroatoms. The van der Waals surface area contributed by atoms with E-state index in [4.69, 9.17) is 4.98 Å². The number of likely N-dealkylation sites (N-methyl/N-ethyl adjacent to an activating group) is 1. The lowest BCUT2D eigenvalue weighted by Crippen LogP contribution is -2.33. The Balaban J connectivity index is 2.63. The van der Waals surface area contributed by atoms with E-state index < -0.39 is 0 Å². The SMILES string of the molecule is CCNC(CSC)Cc1nc(C(C)(C)C)cs1. The number of hydrogen-bond acceptors (Lipinski definition) is 4. The second-order valence-corrected chi connectivity index (χ2v) is 7.14. The lowest BCUT2D eigenvalue weighted by atomic mass is 9.93. The maximum absolute atomic E-state index is 4.76. The number of thiazole rings is 1. The first-order valence-electron chi connectivity index (χ1n) is 6.14. The summed E-state index contributed by atoms with van der Waals surface area (Å²) in [5.41, 5.74) is 1.39. The lowest BCUT2D eigenvalue weighted by molar-refractivity contribution is 0.554. The Hall–Kier alpha value is -0.0600. The van der Waals surface area contributed by atoms with Crippen LogP contribution in [-0.2, 0) is 11.8 Å². The van der Waals surface area contributed by atoms with Crippen LogP contribution >= 0.6 is 23.1 Å². The number of thioether (sulfide) groups is 1. The molecule has 0 aromatic carbocycles.